The summed E-state index contributed by atoms with van der Waals surface area (Å²) in [6.07, 6.45) is 0. The van der Waals surface area contributed by atoms with Gasteiger partial charge in [0.1, 0.15) is 0 Å². The fourth-order valence-electron chi connectivity index (χ4n) is 0.940. The van der Waals surface area contributed by atoms with E-state index in [2.05, 4.69) is 41.9 Å². The van der Waals surface area contributed by atoms with E-state index in [4.69, 9.17) is 4.42 Å². The predicted octanol–water partition coefficient (Wildman–Crippen LogP) is 0.485. The van der Waals surface area contributed by atoms with Crippen molar-refractivity contribution in [1.82, 2.24) is 25.9 Å². The lowest BCUT2D eigenvalue weighted by Crippen LogP contribution is -2.22. The van der Waals surface area contributed by atoms with E-state index in [0.717, 1.165) is 0 Å². The molecule has 8 heteroatoms. The summed E-state index contributed by atoms with van der Waals surface area (Å²) >= 11 is 3.10. The third kappa shape index (κ3) is 2.40. The highest BCUT2D eigenvalue weighted by molar-refractivity contribution is 9.10. The van der Waals surface area contributed by atoms with Crippen LogP contribution in [0.5, 0.6) is 0 Å². The fourth-order valence-corrected chi connectivity index (χ4v) is 1.25. The molecule has 2 N–H and O–H groups in total. The van der Waals surface area contributed by atoms with Crippen LogP contribution in [0.2, 0.25) is 0 Å². The molecule has 0 aliphatic heterocycles. The number of carbonyl (C=O) groups excluding carboxylic acids is 1. The minimum absolute atomic E-state index is 0.202. The maximum absolute atomic E-state index is 11.4. The number of halogens is 1. The summed E-state index contributed by atoms with van der Waals surface area (Å²) in [7, 11) is 0. The van der Waals surface area contributed by atoms with Crippen molar-refractivity contribution in [2.75, 3.05) is 0 Å². The van der Waals surface area contributed by atoms with Crippen LogP contribution < -0.4 is 5.32 Å². The number of hydrogen-bond acceptors (Lipinski definition) is 5. The molecule has 2 aromatic heterocycles. The molecule has 0 spiro atoms. The Hall–Kier alpha value is -1.70. The number of H-pyrrole nitrogens is 1. The zero-order valence-corrected chi connectivity index (χ0v) is 8.98. The van der Waals surface area contributed by atoms with Gasteiger partial charge in [0.15, 0.2) is 16.3 Å². The molecule has 2 heterocycles. The van der Waals surface area contributed by atoms with Crippen molar-refractivity contribution in [2.24, 2.45) is 0 Å². The molecule has 78 valence electrons. The highest BCUT2D eigenvalue weighted by Gasteiger charge is 2.10. The van der Waals surface area contributed by atoms with Crippen molar-refractivity contribution in [1.29, 1.82) is 0 Å². The van der Waals surface area contributed by atoms with Gasteiger partial charge in [-0.05, 0) is 28.1 Å². The lowest BCUT2D eigenvalue weighted by atomic mass is 10.4. The molecule has 0 aliphatic rings. The molecule has 0 atom stereocenters. The largest absolute Gasteiger partial charge is 0.444 e. The molecule has 7 nitrogen and oxygen atoms in total. The number of tetrazole rings is 1. The Morgan fingerprint density at radius 2 is 2.47 bits per heavy atom. The van der Waals surface area contributed by atoms with Crippen LogP contribution in [0.15, 0.2) is 21.2 Å². The van der Waals surface area contributed by atoms with Gasteiger partial charge in [0.05, 0.1) is 6.54 Å². The van der Waals surface area contributed by atoms with Crippen LogP contribution in [0.25, 0.3) is 0 Å². The summed E-state index contributed by atoms with van der Waals surface area (Å²) < 4.78 is 5.56. The second kappa shape index (κ2) is 4.22. The van der Waals surface area contributed by atoms with Crippen LogP contribution in [-0.2, 0) is 6.54 Å². The Bertz CT molecular complexity index is 452. The maximum atomic E-state index is 11.4. The SMILES string of the molecule is O=C(NCc1nn[nH]n1)c1ccc(Br)o1. The molecule has 2 aromatic rings. The summed E-state index contributed by atoms with van der Waals surface area (Å²) in [4.78, 5) is 11.4. The molecular formula is C7H6BrN5O2. The normalized spacial score (nSPS) is 10.2. The fraction of sp³-hybridized carbons (Fsp3) is 0.143. The Balaban J connectivity index is 1.93. The number of nitrogens with zero attached hydrogens (tertiary/aromatic N) is 3. The van der Waals surface area contributed by atoms with Crippen LogP contribution in [0, 0.1) is 0 Å². The monoisotopic (exact) mass is 271 g/mol. The van der Waals surface area contributed by atoms with Crippen molar-refractivity contribution in [2.45, 2.75) is 6.54 Å². The molecule has 2 rings (SSSR count). The first-order valence-electron chi connectivity index (χ1n) is 4.01. The minimum Gasteiger partial charge on any atom is -0.444 e. The Labute approximate surface area is 92.4 Å². The van der Waals surface area contributed by atoms with E-state index in [1.807, 2.05) is 0 Å². The lowest BCUT2D eigenvalue weighted by molar-refractivity contribution is 0.0921. The summed E-state index contributed by atoms with van der Waals surface area (Å²) in [5, 5.41) is 15.6. The number of amides is 1. The Morgan fingerprint density at radius 1 is 1.60 bits per heavy atom. The summed E-state index contributed by atoms with van der Waals surface area (Å²) in [5.41, 5.74) is 0. The molecule has 0 bridgehead atoms. The lowest BCUT2D eigenvalue weighted by Gasteiger charge is -1.97. The number of furan rings is 1. The van der Waals surface area contributed by atoms with Crippen molar-refractivity contribution in [3.63, 3.8) is 0 Å². The first-order valence-corrected chi connectivity index (χ1v) is 4.81. The van der Waals surface area contributed by atoms with E-state index in [0.29, 0.717) is 10.5 Å². The first kappa shape index (κ1) is 9.84. The van der Waals surface area contributed by atoms with Gasteiger partial charge < -0.3 is 9.73 Å². The average Bonchev–Trinajstić information content (AvgIpc) is 2.84. The second-order valence-electron chi connectivity index (χ2n) is 2.61. The highest BCUT2D eigenvalue weighted by Crippen LogP contribution is 2.13. The van der Waals surface area contributed by atoms with Gasteiger partial charge in [0.2, 0.25) is 0 Å². The third-order valence-corrected chi connectivity index (χ3v) is 2.02. The second-order valence-corrected chi connectivity index (χ2v) is 3.40. The minimum atomic E-state index is -0.328. The first-order chi connectivity index (χ1) is 7.25. The van der Waals surface area contributed by atoms with Gasteiger partial charge >= 0.3 is 0 Å². The van der Waals surface area contributed by atoms with Crippen LogP contribution in [-0.4, -0.2) is 26.5 Å². The number of hydrogen-bond donors (Lipinski definition) is 2. The molecule has 0 saturated heterocycles. The molecule has 15 heavy (non-hydrogen) atoms. The quantitative estimate of drug-likeness (QED) is 0.847. The molecule has 0 aromatic carbocycles. The summed E-state index contributed by atoms with van der Waals surface area (Å²) in [6.45, 7) is 0.202. The highest BCUT2D eigenvalue weighted by atomic mass is 79.9. The number of carbonyl (C=O) groups is 1. The van der Waals surface area contributed by atoms with E-state index in [-0.39, 0.29) is 18.2 Å². The standard InChI is InChI=1S/C7H6BrN5O2/c8-5-2-1-4(15-5)7(14)9-3-6-10-12-13-11-6/h1-2H,3H2,(H,9,14)(H,10,11,12,13). The van der Waals surface area contributed by atoms with Crippen LogP contribution in [0.3, 0.4) is 0 Å². The van der Waals surface area contributed by atoms with Gasteiger partial charge in [0, 0.05) is 0 Å². The van der Waals surface area contributed by atoms with Crippen LogP contribution in [0.4, 0.5) is 0 Å². The van der Waals surface area contributed by atoms with Crippen molar-refractivity contribution >= 4 is 21.8 Å². The van der Waals surface area contributed by atoms with E-state index in [9.17, 15) is 4.79 Å². The number of nitrogens with one attached hydrogen (secondary N) is 2. The van der Waals surface area contributed by atoms with Gasteiger partial charge in [-0.1, -0.05) is 5.21 Å². The predicted molar refractivity (Wildman–Crippen MR) is 51.8 cm³/mol. The van der Waals surface area contributed by atoms with E-state index >= 15 is 0 Å². The third-order valence-electron chi connectivity index (χ3n) is 1.59. The zero-order chi connectivity index (χ0) is 10.7. The van der Waals surface area contributed by atoms with Crippen molar-refractivity contribution < 1.29 is 9.21 Å². The topological polar surface area (TPSA) is 96.7 Å². The van der Waals surface area contributed by atoms with E-state index < -0.39 is 0 Å². The van der Waals surface area contributed by atoms with Gasteiger partial charge in [-0.3, -0.25) is 4.79 Å². The zero-order valence-electron chi connectivity index (χ0n) is 7.40. The summed E-state index contributed by atoms with van der Waals surface area (Å²) in [6, 6.07) is 3.21. The van der Waals surface area contributed by atoms with Crippen molar-refractivity contribution in [3.8, 4) is 0 Å². The molecule has 0 fully saturated rings. The smallest absolute Gasteiger partial charge is 0.287 e. The van der Waals surface area contributed by atoms with E-state index in [1.165, 1.54) is 0 Å². The van der Waals surface area contributed by atoms with Crippen LogP contribution in [0.1, 0.15) is 16.4 Å². The van der Waals surface area contributed by atoms with Gasteiger partial charge in [-0.2, -0.15) is 5.21 Å². The Morgan fingerprint density at radius 3 is 3.07 bits per heavy atom. The Kier molecular flexibility index (Phi) is 2.77. The van der Waals surface area contributed by atoms with Crippen molar-refractivity contribution in [3.05, 3.63) is 28.4 Å². The molecule has 0 radical (unpaired) electrons. The maximum Gasteiger partial charge on any atom is 0.287 e. The molecule has 0 saturated carbocycles. The molecule has 0 aliphatic carbocycles. The van der Waals surface area contributed by atoms with Gasteiger partial charge in [-0.25, -0.2) is 0 Å². The van der Waals surface area contributed by atoms with Crippen LogP contribution >= 0.6 is 15.9 Å². The number of aromatic amines is 1. The number of aromatic nitrogens is 4. The average molecular weight is 272 g/mol. The van der Waals surface area contributed by atoms with Gasteiger partial charge in [0.25, 0.3) is 5.91 Å². The van der Waals surface area contributed by atoms with E-state index in [1.54, 1.807) is 12.1 Å². The molecular weight excluding hydrogens is 266 g/mol. The number of rotatable bonds is 3. The summed E-state index contributed by atoms with van der Waals surface area (Å²) in [5.74, 6) is 0.310. The van der Waals surface area contributed by atoms with Gasteiger partial charge in [-0.15, -0.1) is 10.2 Å². The molecule has 1 amide bonds. The molecule has 0 unspecified atom stereocenters.